The fraction of sp³-hybridized carbons (Fsp3) is 0.385. The molecule has 17 heavy (non-hydrogen) atoms. The van der Waals surface area contributed by atoms with Gasteiger partial charge in [-0.2, -0.15) is 0 Å². The van der Waals surface area contributed by atoms with Crippen LogP contribution in [0.4, 0.5) is 0 Å². The molecule has 4 heteroatoms. The molecule has 0 bridgehead atoms. The average molecular weight is 229 g/mol. The Morgan fingerprint density at radius 1 is 1.41 bits per heavy atom. The van der Waals surface area contributed by atoms with Gasteiger partial charge in [0.15, 0.2) is 0 Å². The summed E-state index contributed by atoms with van der Waals surface area (Å²) in [4.78, 5) is 16.1. The molecule has 0 aliphatic carbocycles. The maximum Gasteiger partial charge on any atom is 0.269 e. The van der Waals surface area contributed by atoms with Crippen LogP contribution in [0, 0.1) is 0 Å². The summed E-state index contributed by atoms with van der Waals surface area (Å²) in [5.41, 5.74) is 1.79. The van der Waals surface area contributed by atoms with Crippen molar-refractivity contribution < 1.29 is 0 Å². The number of benzene rings is 1. The van der Waals surface area contributed by atoms with E-state index in [0.717, 1.165) is 30.5 Å². The van der Waals surface area contributed by atoms with Gasteiger partial charge in [-0.15, -0.1) is 0 Å². The molecule has 0 radical (unpaired) electrons. The van der Waals surface area contributed by atoms with E-state index in [2.05, 4.69) is 10.3 Å². The largest absolute Gasteiger partial charge is 0.312 e. The van der Waals surface area contributed by atoms with E-state index in [1.54, 1.807) is 0 Å². The topological polar surface area (TPSA) is 46.9 Å². The minimum atomic E-state index is -0.0163. The number of aromatic nitrogens is 2. The van der Waals surface area contributed by atoms with Crippen LogP contribution in [0.15, 0.2) is 35.3 Å². The Morgan fingerprint density at radius 2 is 2.29 bits per heavy atom. The van der Waals surface area contributed by atoms with Gasteiger partial charge in [0.2, 0.25) is 0 Å². The molecule has 3 rings (SSSR count). The average Bonchev–Trinajstić information content (AvgIpc) is 2.86. The molecule has 0 spiro atoms. The molecule has 2 aromatic rings. The summed E-state index contributed by atoms with van der Waals surface area (Å²) in [6.07, 6.45) is 3.75. The van der Waals surface area contributed by atoms with Crippen LogP contribution in [-0.2, 0) is 6.54 Å². The summed E-state index contributed by atoms with van der Waals surface area (Å²) in [5.74, 6) is 0. The molecule has 1 aliphatic heterocycles. The molecular formula is C13H15N3O. The van der Waals surface area contributed by atoms with Crippen molar-refractivity contribution in [1.29, 1.82) is 0 Å². The molecule has 0 amide bonds. The van der Waals surface area contributed by atoms with E-state index in [0.29, 0.717) is 6.04 Å². The Labute approximate surface area is 99.3 Å². The van der Waals surface area contributed by atoms with Crippen LogP contribution in [0.5, 0.6) is 0 Å². The Balaban J connectivity index is 2.06. The lowest BCUT2D eigenvalue weighted by Gasteiger charge is -2.14. The second-order valence-corrected chi connectivity index (χ2v) is 4.49. The molecule has 0 unspecified atom stereocenters. The van der Waals surface area contributed by atoms with Crippen molar-refractivity contribution in [2.75, 3.05) is 6.54 Å². The molecule has 1 saturated heterocycles. The first-order chi connectivity index (χ1) is 8.34. The van der Waals surface area contributed by atoms with Crippen LogP contribution in [0.25, 0.3) is 11.0 Å². The van der Waals surface area contributed by atoms with Crippen molar-refractivity contribution in [1.82, 2.24) is 14.9 Å². The summed E-state index contributed by atoms with van der Waals surface area (Å²) < 4.78 is 1.82. The Kier molecular flexibility index (Phi) is 2.65. The SMILES string of the molecule is O=c1cnc2ccccc2n1C[C@H]1CCCN1. The summed E-state index contributed by atoms with van der Waals surface area (Å²) in [7, 11) is 0. The highest BCUT2D eigenvalue weighted by Gasteiger charge is 2.16. The highest BCUT2D eigenvalue weighted by Crippen LogP contribution is 2.12. The first kappa shape index (κ1) is 10.5. The Morgan fingerprint density at radius 3 is 3.12 bits per heavy atom. The van der Waals surface area contributed by atoms with Gasteiger partial charge in [0, 0.05) is 12.6 Å². The first-order valence-corrected chi connectivity index (χ1v) is 6.02. The molecule has 1 atom stereocenters. The standard InChI is InChI=1S/C13H15N3O/c17-13-8-15-11-5-1-2-6-12(11)16(13)9-10-4-3-7-14-10/h1-2,5-6,8,10,14H,3-4,7,9H2/t10-/m1/s1. The van der Waals surface area contributed by atoms with Crippen molar-refractivity contribution in [3.8, 4) is 0 Å². The molecule has 1 aliphatic rings. The molecule has 0 saturated carbocycles. The second kappa shape index (κ2) is 4.30. The molecule has 1 N–H and O–H groups in total. The number of para-hydroxylation sites is 2. The van der Waals surface area contributed by atoms with E-state index in [4.69, 9.17) is 0 Å². The van der Waals surface area contributed by atoms with E-state index in [1.807, 2.05) is 28.8 Å². The third-order valence-corrected chi connectivity index (χ3v) is 3.32. The molecule has 88 valence electrons. The van der Waals surface area contributed by atoms with E-state index in [1.165, 1.54) is 12.6 Å². The fourth-order valence-corrected chi connectivity index (χ4v) is 2.44. The predicted molar refractivity (Wildman–Crippen MR) is 67.0 cm³/mol. The van der Waals surface area contributed by atoms with Crippen molar-refractivity contribution in [2.45, 2.75) is 25.4 Å². The number of rotatable bonds is 2. The summed E-state index contributed by atoms with van der Waals surface area (Å²) >= 11 is 0. The number of hydrogen-bond donors (Lipinski definition) is 1. The molecule has 1 fully saturated rings. The van der Waals surface area contributed by atoms with Crippen molar-refractivity contribution >= 4 is 11.0 Å². The van der Waals surface area contributed by atoms with Gasteiger partial charge in [-0.05, 0) is 31.5 Å². The normalized spacial score (nSPS) is 19.9. The van der Waals surface area contributed by atoms with E-state index in [-0.39, 0.29) is 5.56 Å². The van der Waals surface area contributed by atoms with Gasteiger partial charge >= 0.3 is 0 Å². The van der Waals surface area contributed by atoms with Crippen LogP contribution < -0.4 is 10.9 Å². The van der Waals surface area contributed by atoms with Crippen molar-refractivity contribution in [3.05, 3.63) is 40.8 Å². The zero-order valence-electron chi connectivity index (χ0n) is 9.60. The van der Waals surface area contributed by atoms with Gasteiger partial charge in [-0.3, -0.25) is 4.79 Å². The highest BCUT2D eigenvalue weighted by molar-refractivity contribution is 5.74. The zero-order valence-corrected chi connectivity index (χ0v) is 9.60. The predicted octanol–water partition coefficient (Wildman–Crippen LogP) is 1.15. The number of nitrogens with zero attached hydrogens (tertiary/aromatic N) is 2. The van der Waals surface area contributed by atoms with Crippen LogP contribution in [0.1, 0.15) is 12.8 Å². The van der Waals surface area contributed by atoms with E-state index < -0.39 is 0 Å². The van der Waals surface area contributed by atoms with Gasteiger partial charge in [-0.25, -0.2) is 4.98 Å². The van der Waals surface area contributed by atoms with E-state index >= 15 is 0 Å². The molecule has 1 aromatic carbocycles. The van der Waals surface area contributed by atoms with Crippen LogP contribution in [0.3, 0.4) is 0 Å². The molecule has 4 nitrogen and oxygen atoms in total. The lowest BCUT2D eigenvalue weighted by Crippen LogP contribution is -2.32. The van der Waals surface area contributed by atoms with Gasteiger partial charge in [0.1, 0.15) is 0 Å². The maximum atomic E-state index is 11.9. The maximum absolute atomic E-state index is 11.9. The molecule has 1 aromatic heterocycles. The monoisotopic (exact) mass is 229 g/mol. The quantitative estimate of drug-likeness (QED) is 0.840. The summed E-state index contributed by atoms with van der Waals surface area (Å²) in [5, 5.41) is 3.42. The van der Waals surface area contributed by atoms with Gasteiger partial charge in [-0.1, -0.05) is 12.1 Å². The van der Waals surface area contributed by atoms with Gasteiger partial charge < -0.3 is 9.88 Å². The first-order valence-electron chi connectivity index (χ1n) is 6.02. The Bertz CT molecular complexity index is 584. The molecule has 2 heterocycles. The third-order valence-electron chi connectivity index (χ3n) is 3.32. The highest BCUT2D eigenvalue weighted by atomic mass is 16.1. The minimum absolute atomic E-state index is 0.0163. The number of hydrogen-bond acceptors (Lipinski definition) is 3. The second-order valence-electron chi connectivity index (χ2n) is 4.49. The summed E-state index contributed by atoms with van der Waals surface area (Å²) in [6.45, 7) is 1.80. The van der Waals surface area contributed by atoms with Crippen molar-refractivity contribution in [3.63, 3.8) is 0 Å². The smallest absolute Gasteiger partial charge is 0.269 e. The summed E-state index contributed by atoms with van der Waals surface area (Å²) in [6, 6.07) is 8.20. The third kappa shape index (κ3) is 1.96. The van der Waals surface area contributed by atoms with Crippen LogP contribution in [0.2, 0.25) is 0 Å². The zero-order chi connectivity index (χ0) is 11.7. The van der Waals surface area contributed by atoms with Crippen molar-refractivity contribution in [2.24, 2.45) is 0 Å². The van der Waals surface area contributed by atoms with Crippen LogP contribution in [-0.4, -0.2) is 22.1 Å². The minimum Gasteiger partial charge on any atom is -0.312 e. The number of nitrogens with one attached hydrogen (secondary N) is 1. The molecular weight excluding hydrogens is 214 g/mol. The van der Waals surface area contributed by atoms with Crippen LogP contribution >= 0.6 is 0 Å². The van der Waals surface area contributed by atoms with Gasteiger partial charge in [0.05, 0.1) is 17.2 Å². The van der Waals surface area contributed by atoms with Gasteiger partial charge in [0.25, 0.3) is 5.56 Å². The lowest BCUT2D eigenvalue weighted by atomic mass is 10.2. The van der Waals surface area contributed by atoms with E-state index in [9.17, 15) is 4.79 Å². The lowest BCUT2D eigenvalue weighted by molar-refractivity contribution is 0.509. The Hall–Kier alpha value is -1.68. The number of fused-ring (bicyclic) bond motifs is 1. The fourth-order valence-electron chi connectivity index (χ4n) is 2.44.